The maximum Gasteiger partial charge on any atom is 0.407 e. The third-order valence-corrected chi connectivity index (χ3v) is 13.6. The molecule has 1 amide bonds. The number of halogens is 1. The Hall–Kier alpha value is -2.53. The molecule has 5 aliphatic heterocycles. The van der Waals surface area contributed by atoms with Crippen LogP contribution in [0.25, 0.3) is 0 Å². The topological polar surface area (TPSA) is 148 Å². The molecule has 266 valence electrons. The molecule has 0 radical (unpaired) electrons. The molecule has 6 fully saturated rings. The number of ether oxygens (including phenoxy) is 4. The van der Waals surface area contributed by atoms with Gasteiger partial charge in [-0.15, -0.1) is 0 Å². The van der Waals surface area contributed by atoms with Gasteiger partial charge in [0.1, 0.15) is 18.0 Å². The molecule has 5 heterocycles. The summed E-state index contributed by atoms with van der Waals surface area (Å²) in [5.41, 5.74) is 0.457. The second-order valence-corrected chi connectivity index (χ2v) is 17.8. The van der Waals surface area contributed by atoms with Crippen LogP contribution in [0.15, 0.2) is 52.4 Å². The van der Waals surface area contributed by atoms with Crippen LogP contribution in [0.5, 0.6) is 0 Å². The Balaban J connectivity index is 0.999. The summed E-state index contributed by atoms with van der Waals surface area (Å²) in [4.78, 5) is 18.4. The predicted molar refractivity (Wildman–Crippen MR) is 180 cm³/mol. The molecule has 2 saturated carbocycles. The third kappa shape index (κ3) is 7.30. The fraction of sp³-hybridized carbons (Fsp3) is 0.647. The lowest BCUT2D eigenvalue weighted by Gasteiger charge is -2.36. The molecule has 4 bridgehead atoms. The molecule has 7 unspecified atom stereocenters. The van der Waals surface area contributed by atoms with Gasteiger partial charge >= 0.3 is 6.09 Å². The van der Waals surface area contributed by atoms with Crippen molar-refractivity contribution in [2.24, 2.45) is 22.2 Å². The molecule has 9 rings (SSSR count). The first-order valence-electron chi connectivity index (χ1n) is 17.2. The van der Waals surface area contributed by atoms with E-state index in [1.54, 1.807) is 24.3 Å². The summed E-state index contributed by atoms with van der Waals surface area (Å²) in [6, 6.07) is 5.15. The summed E-state index contributed by atoms with van der Waals surface area (Å²) < 4.78 is 67.1. The van der Waals surface area contributed by atoms with Gasteiger partial charge in [-0.05, 0) is 67.4 Å². The van der Waals surface area contributed by atoms with Crippen molar-refractivity contribution in [3.05, 3.63) is 58.8 Å². The van der Waals surface area contributed by atoms with Gasteiger partial charge in [0.05, 0.1) is 54.1 Å². The number of nitrogens with zero attached hydrogens (tertiary/aromatic N) is 2. The van der Waals surface area contributed by atoms with Gasteiger partial charge in [0.25, 0.3) is 0 Å². The summed E-state index contributed by atoms with van der Waals surface area (Å²) in [5, 5.41) is 18.7. The van der Waals surface area contributed by atoms with Gasteiger partial charge in [0, 0.05) is 25.0 Å². The van der Waals surface area contributed by atoms with Gasteiger partial charge in [-0.1, -0.05) is 36.9 Å². The van der Waals surface area contributed by atoms with E-state index in [-0.39, 0.29) is 59.1 Å². The van der Waals surface area contributed by atoms with Crippen molar-refractivity contribution >= 4 is 33.0 Å². The van der Waals surface area contributed by atoms with Crippen LogP contribution in [0.2, 0.25) is 0 Å². The van der Waals surface area contributed by atoms with Crippen molar-refractivity contribution in [3.8, 4) is 0 Å². The van der Waals surface area contributed by atoms with Gasteiger partial charge < -0.3 is 34.7 Å². The zero-order valence-corrected chi connectivity index (χ0v) is 28.9. The van der Waals surface area contributed by atoms with Gasteiger partial charge in [-0.25, -0.2) is 17.6 Å². The highest BCUT2D eigenvalue weighted by atomic mass is 32.2. The van der Waals surface area contributed by atoms with Gasteiger partial charge in [-0.3, -0.25) is 4.99 Å². The minimum absolute atomic E-state index is 0.121. The molecular weight excluding hydrogens is 676 g/mol. The number of amidine groups is 1. The number of carbonyl (C=O) groups excluding carboxylic acids is 1. The van der Waals surface area contributed by atoms with Crippen molar-refractivity contribution < 1.29 is 41.7 Å². The summed E-state index contributed by atoms with van der Waals surface area (Å²) in [6.45, 7) is 3.06. The van der Waals surface area contributed by atoms with Crippen LogP contribution < -0.4 is 10.6 Å². The number of carbonyl (C=O) groups is 1. The number of allylic oxidation sites excluding steroid dienone is 1. The Kier molecular flexibility index (Phi) is 9.07. The van der Waals surface area contributed by atoms with Crippen LogP contribution >= 0.6 is 11.8 Å². The van der Waals surface area contributed by atoms with E-state index in [2.05, 4.69) is 10.6 Å². The van der Waals surface area contributed by atoms with E-state index in [1.165, 1.54) is 28.2 Å². The van der Waals surface area contributed by atoms with E-state index in [4.69, 9.17) is 23.9 Å². The molecule has 1 aromatic rings. The number of hydrogen-bond acceptors (Lipinski definition) is 11. The summed E-state index contributed by atoms with van der Waals surface area (Å²) >= 11 is 1.54. The SMILES string of the molecule is CC1(CN(C[C@@H](O)[C@H](Cc2ccc(F)cc2)NC(=O)OC2C3COC4OCC2C4OC3)S(=O)(=O)C2=CC3SC(NC4CC4)=NC3C=C2)CC1. The summed E-state index contributed by atoms with van der Waals surface area (Å²) in [5.74, 6) is -0.759. The first-order valence-corrected chi connectivity index (χ1v) is 19.5. The molecule has 0 spiro atoms. The smallest absolute Gasteiger partial charge is 0.407 e. The highest BCUT2D eigenvalue weighted by Crippen LogP contribution is 2.47. The van der Waals surface area contributed by atoms with E-state index in [9.17, 15) is 22.7 Å². The lowest BCUT2D eigenvalue weighted by Crippen LogP contribution is -2.53. The van der Waals surface area contributed by atoms with Crippen molar-refractivity contribution in [2.45, 2.75) is 87.0 Å². The average molecular weight is 719 g/mol. The van der Waals surface area contributed by atoms with E-state index in [1.807, 2.05) is 13.0 Å². The zero-order chi connectivity index (χ0) is 33.9. The predicted octanol–water partition coefficient (Wildman–Crippen LogP) is 2.69. The molecule has 15 heteroatoms. The van der Waals surface area contributed by atoms with Crippen LogP contribution in [0.4, 0.5) is 9.18 Å². The average Bonchev–Trinajstić information content (AvgIpc) is 3.97. The standard InChI is InChI=1S/C34H43FN4O8S2/c1-34(10-11-34)18-39(49(42,43)23-8-9-25-28(13-23)48-32(37-25)36-22-6-7-22)14-27(40)26(12-19-2-4-21(35)5-3-19)38-33(41)47-29-20-15-44-30-24(29)17-46-31(30)45-16-20/h2-5,8-9,13,20,22,24-31,40H,6-7,10-12,14-18H2,1H3,(H,36,37)(H,38,41)/t20?,24?,25?,26-,27+,28?,29?,30?,31?/m0/s1. The summed E-state index contributed by atoms with van der Waals surface area (Å²) in [6.07, 6.45) is 5.95. The van der Waals surface area contributed by atoms with Crippen molar-refractivity contribution in [2.75, 3.05) is 32.9 Å². The van der Waals surface area contributed by atoms with Gasteiger partial charge in [0.2, 0.25) is 10.0 Å². The lowest BCUT2D eigenvalue weighted by molar-refractivity contribution is -0.142. The third-order valence-electron chi connectivity index (χ3n) is 10.6. The number of alkyl carbamates (subject to hydrolysis) is 1. The normalized spacial score (nSPS) is 33.7. The highest BCUT2D eigenvalue weighted by Gasteiger charge is 2.54. The zero-order valence-electron chi connectivity index (χ0n) is 27.3. The molecule has 49 heavy (non-hydrogen) atoms. The Morgan fingerprint density at radius 3 is 2.69 bits per heavy atom. The Bertz CT molecular complexity index is 1630. The minimum atomic E-state index is -4.03. The maximum absolute atomic E-state index is 14.3. The minimum Gasteiger partial charge on any atom is -0.445 e. The number of aliphatic imine (C=N–C) groups is 1. The summed E-state index contributed by atoms with van der Waals surface area (Å²) in [7, 11) is -4.03. The molecule has 4 saturated heterocycles. The van der Waals surface area contributed by atoms with E-state index in [0.717, 1.165) is 30.9 Å². The van der Waals surface area contributed by atoms with E-state index < -0.39 is 46.5 Å². The number of nitrogens with one attached hydrogen (secondary N) is 2. The first kappa shape index (κ1) is 33.6. The van der Waals surface area contributed by atoms with E-state index in [0.29, 0.717) is 31.4 Å². The molecular formula is C34H43FN4O8S2. The quantitative estimate of drug-likeness (QED) is 0.295. The number of amides is 1. The molecule has 0 aromatic heterocycles. The number of sulfonamides is 1. The van der Waals surface area contributed by atoms with Gasteiger partial charge in [-0.2, -0.15) is 4.31 Å². The highest BCUT2D eigenvalue weighted by molar-refractivity contribution is 8.14. The fourth-order valence-corrected chi connectivity index (χ4v) is 10.2. The van der Waals surface area contributed by atoms with Gasteiger partial charge in [0.15, 0.2) is 11.5 Å². The van der Waals surface area contributed by atoms with Crippen molar-refractivity contribution in [1.29, 1.82) is 0 Å². The lowest BCUT2D eigenvalue weighted by atomic mass is 9.87. The molecule has 12 nitrogen and oxygen atoms in total. The molecule has 9 atom stereocenters. The largest absolute Gasteiger partial charge is 0.445 e. The number of hydrogen-bond donors (Lipinski definition) is 3. The number of fused-ring (bicyclic) bond motifs is 3. The Morgan fingerprint density at radius 2 is 1.94 bits per heavy atom. The molecule has 3 N–H and O–H groups in total. The number of benzene rings is 1. The van der Waals surface area contributed by atoms with Crippen LogP contribution in [-0.2, 0) is 35.4 Å². The maximum atomic E-state index is 14.3. The van der Waals surface area contributed by atoms with Crippen LogP contribution in [-0.4, -0.2) is 110 Å². The van der Waals surface area contributed by atoms with Crippen LogP contribution in [0.1, 0.15) is 38.2 Å². The monoisotopic (exact) mass is 718 g/mol. The van der Waals surface area contributed by atoms with Crippen molar-refractivity contribution in [3.63, 3.8) is 0 Å². The second-order valence-electron chi connectivity index (χ2n) is 14.7. The Labute approximate surface area is 289 Å². The van der Waals surface area contributed by atoms with Crippen LogP contribution in [0.3, 0.4) is 0 Å². The number of aliphatic hydroxyl groups is 1. The fourth-order valence-electron chi connectivity index (χ4n) is 7.22. The first-order chi connectivity index (χ1) is 23.5. The second kappa shape index (κ2) is 13.2. The Morgan fingerprint density at radius 1 is 1.18 bits per heavy atom. The number of thioether (sulfide) groups is 1. The molecule has 1 aromatic carbocycles. The molecule has 8 aliphatic rings. The van der Waals surface area contributed by atoms with E-state index >= 15 is 0 Å². The molecule has 3 aliphatic carbocycles. The van der Waals surface area contributed by atoms with Crippen LogP contribution in [0, 0.1) is 23.1 Å². The number of aliphatic hydroxyl groups excluding tert-OH is 1. The van der Waals surface area contributed by atoms with Crippen molar-refractivity contribution in [1.82, 2.24) is 14.9 Å². The number of rotatable bonds is 12.